The van der Waals surface area contributed by atoms with Gasteiger partial charge >= 0.3 is 11.9 Å². The molecule has 0 spiro atoms. The van der Waals surface area contributed by atoms with Gasteiger partial charge < -0.3 is 18.6 Å². The molecular weight excluding hydrogens is 472 g/mol. The first-order valence-electron chi connectivity index (χ1n) is 12.8. The molecule has 7 heteroatoms. The van der Waals surface area contributed by atoms with Crippen molar-refractivity contribution in [3.8, 4) is 0 Å². The van der Waals surface area contributed by atoms with Crippen LogP contribution in [0.4, 0.5) is 0 Å². The van der Waals surface area contributed by atoms with E-state index in [0.717, 1.165) is 5.56 Å². The zero-order valence-corrected chi connectivity index (χ0v) is 22.8. The smallest absolute Gasteiger partial charge is 0.339 e. The second-order valence-electron chi connectivity index (χ2n) is 11.9. The van der Waals surface area contributed by atoms with Crippen LogP contribution in [0.25, 0.3) is 0 Å². The van der Waals surface area contributed by atoms with Crippen LogP contribution in [0.15, 0.2) is 60.7 Å². The highest BCUT2D eigenvalue weighted by molar-refractivity contribution is 6.74. The summed E-state index contributed by atoms with van der Waals surface area (Å²) in [5.74, 6) is -0.738. The van der Waals surface area contributed by atoms with E-state index in [1.54, 1.807) is 24.3 Å². The van der Waals surface area contributed by atoms with Crippen molar-refractivity contribution in [3.05, 3.63) is 71.8 Å². The van der Waals surface area contributed by atoms with Crippen molar-refractivity contribution in [2.24, 2.45) is 11.3 Å². The maximum atomic E-state index is 13.3. The van der Waals surface area contributed by atoms with E-state index in [-0.39, 0.29) is 36.2 Å². The minimum Gasteiger partial charge on any atom is -0.461 e. The Kier molecular flexibility index (Phi) is 6.17. The normalized spacial score (nSPS) is 30.9. The van der Waals surface area contributed by atoms with Crippen molar-refractivity contribution in [2.75, 3.05) is 6.61 Å². The van der Waals surface area contributed by atoms with Gasteiger partial charge in [0, 0.05) is 12.3 Å². The predicted octanol–water partition coefficient (Wildman–Crippen LogP) is 5.52. The summed E-state index contributed by atoms with van der Waals surface area (Å²) in [6.07, 6.45) is 0.644. The molecule has 2 aromatic rings. The monoisotopic (exact) mass is 508 g/mol. The third kappa shape index (κ3) is 3.83. The van der Waals surface area contributed by atoms with Gasteiger partial charge in [-0.3, -0.25) is 0 Å². The maximum absolute atomic E-state index is 13.3. The van der Waals surface area contributed by atoms with Gasteiger partial charge in [0.15, 0.2) is 13.9 Å². The van der Waals surface area contributed by atoms with Gasteiger partial charge in [-0.2, -0.15) is 0 Å². The summed E-state index contributed by atoms with van der Waals surface area (Å²) in [4.78, 5) is 26.2. The van der Waals surface area contributed by atoms with Crippen LogP contribution < -0.4 is 0 Å². The standard InChI is InChI=1S/C29H36O6Si/c1-27(2,3)36(4,5)35-23-16-24-28(19-32-25(30)21-14-10-7-11-15-21)22(23)17-29(28,26(31)34-24)33-18-20-12-8-6-9-13-20/h6-15,22-24H,16-19H2,1-5H3/t22-,23-,24+,28-,29-/m0/s1. The first kappa shape index (κ1) is 25.2. The minimum absolute atomic E-state index is 0.0161. The van der Waals surface area contributed by atoms with E-state index in [2.05, 4.69) is 33.9 Å². The summed E-state index contributed by atoms with van der Waals surface area (Å²) in [6.45, 7) is 11.5. The molecule has 0 N–H and O–H groups in total. The molecule has 1 heterocycles. The zero-order chi connectivity index (χ0) is 25.8. The van der Waals surface area contributed by atoms with Crippen LogP contribution in [0, 0.1) is 11.3 Å². The first-order valence-corrected chi connectivity index (χ1v) is 15.7. The summed E-state index contributed by atoms with van der Waals surface area (Å²) < 4.78 is 25.2. The van der Waals surface area contributed by atoms with Crippen LogP contribution in [0.2, 0.25) is 18.1 Å². The molecule has 0 bridgehead atoms. The lowest BCUT2D eigenvalue weighted by Crippen LogP contribution is -2.69. The van der Waals surface area contributed by atoms with Gasteiger partial charge in [0.1, 0.15) is 12.7 Å². The Morgan fingerprint density at radius 1 is 1.06 bits per heavy atom. The molecular formula is C29H36O6Si. The average molecular weight is 509 g/mol. The Morgan fingerprint density at radius 3 is 2.33 bits per heavy atom. The van der Waals surface area contributed by atoms with Crippen LogP contribution in [-0.2, 0) is 30.0 Å². The first-order chi connectivity index (χ1) is 17.0. The van der Waals surface area contributed by atoms with Crippen LogP contribution in [-0.4, -0.2) is 44.7 Å². The van der Waals surface area contributed by atoms with E-state index in [4.69, 9.17) is 18.6 Å². The highest BCUT2D eigenvalue weighted by atomic mass is 28.4. The summed E-state index contributed by atoms with van der Waals surface area (Å²) in [5.41, 5.74) is -0.428. The molecule has 5 atom stereocenters. The van der Waals surface area contributed by atoms with Crippen LogP contribution in [0.1, 0.15) is 49.5 Å². The molecule has 1 aliphatic heterocycles. The Bertz CT molecular complexity index is 1130. The van der Waals surface area contributed by atoms with Crippen molar-refractivity contribution >= 4 is 20.3 Å². The second kappa shape index (κ2) is 8.82. The number of rotatable bonds is 8. The Balaban J connectivity index is 1.43. The third-order valence-corrected chi connectivity index (χ3v) is 13.5. The molecule has 36 heavy (non-hydrogen) atoms. The lowest BCUT2D eigenvalue weighted by atomic mass is 9.51. The van der Waals surface area contributed by atoms with Crippen molar-refractivity contribution in [1.82, 2.24) is 0 Å². The van der Waals surface area contributed by atoms with Crippen molar-refractivity contribution < 1.29 is 28.2 Å². The van der Waals surface area contributed by atoms with Crippen LogP contribution in [0.3, 0.4) is 0 Å². The molecule has 3 fully saturated rings. The van der Waals surface area contributed by atoms with E-state index in [1.165, 1.54) is 0 Å². The topological polar surface area (TPSA) is 71.1 Å². The lowest BCUT2D eigenvalue weighted by Gasteiger charge is -2.56. The fourth-order valence-corrected chi connectivity index (χ4v) is 7.30. The minimum atomic E-state index is -2.07. The molecule has 1 saturated heterocycles. The van der Waals surface area contributed by atoms with E-state index >= 15 is 0 Å². The number of carbonyl (C=O) groups excluding carboxylic acids is 2. The Labute approximate surface area is 214 Å². The molecule has 3 aliphatic rings. The average Bonchev–Trinajstić information content (AvgIpc) is 3.14. The van der Waals surface area contributed by atoms with Crippen LogP contribution >= 0.6 is 0 Å². The maximum Gasteiger partial charge on any atom is 0.339 e. The van der Waals surface area contributed by atoms with E-state index in [0.29, 0.717) is 18.4 Å². The molecule has 2 saturated carbocycles. The van der Waals surface area contributed by atoms with Gasteiger partial charge in [0.2, 0.25) is 0 Å². The van der Waals surface area contributed by atoms with E-state index in [1.807, 2.05) is 36.4 Å². The molecule has 2 aromatic carbocycles. The predicted molar refractivity (Wildman–Crippen MR) is 138 cm³/mol. The number of hydrogen-bond acceptors (Lipinski definition) is 6. The number of ether oxygens (including phenoxy) is 3. The molecule has 0 radical (unpaired) electrons. The summed E-state index contributed by atoms with van der Waals surface area (Å²) in [6, 6.07) is 18.7. The molecule has 0 aromatic heterocycles. The number of carbonyl (C=O) groups is 2. The fraction of sp³-hybridized carbons (Fsp3) is 0.517. The van der Waals surface area contributed by atoms with Gasteiger partial charge in [-0.1, -0.05) is 69.3 Å². The highest BCUT2D eigenvalue weighted by Gasteiger charge is 2.84. The molecule has 5 rings (SSSR count). The number of esters is 2. The van der Waals surface area contributed by atoms with Crippen LogP contribution in [0.5, 0.6) is 0 Å². The molecule has 6 nitrogen and oxygen atoms in total. The molecule has 0 amide bonds. The third-order valence-electron chi connectivity index (χ3n) is 9.00. The van der Waals surface area contributed by atoms with E-state index in [9.17, 15) is 9.59 Å². The zero-order valence-electron chi connectivity index (χ0n) is 21.8. The lowest BCUT2D eigenvalue weighted by molar-refractivity contribution is -0.236. The largest absolute Gasteiger partial charge is 0.461 e. The number of benzene rings is 2. The Morgan fingerprint density at radius 2 is 1.69 bits per heavy atom. The van der Waals surface area contributed by atoms with Crippen molar-refractivity contribution in [1.29, 1.82) is 0 Å². The molecule has 2 aliphatic carbocycles. The van der Waals surface area contributed by atoms with Gasteiger partial charge in [-0.25, -0.2) is 9.59 Å². The summed E-state index contributed by atoms with van der Waals surface area (Å²) >= 11 is 0. The highest BCUT2D eigenvalue weighted by Crippen LogP contribution is 2.71. The fourth-order valence-electron chi connectivity index (χ4n) is 5.93. The second-order valence-corrected chi connectivity index (χ2v) is 16.7. The SMILES string of the molecule is CC(C)(C)[Si](C)(C)O[C@H]1C[C@H]2OC(=O)[C@@]3(OCc4ccccc4)C[C@@H]1[C@@]23COC(=O)c1ccccc1. The summed E-state index contributed by atoms with van der Waals surface area (Å²) in [7, 11) is -2.07. The van der Waals surface area contributed by atoms with Gasteiger partial charge in [-0.15, -0.1) is 0 Å². The molecule has 0 unspecified atom stereocenters. The van der Waals surface area contributed by atoms with Crippen molar-refractivity contribution in [3.63, 3.8) is 0 Å². The van der Waals surface area contributed by atoms with Gasteiger partial charge in [0.25, 0.3) is 0 Å². The number of hydrogen-bond donors (Lipinski definition) is 0. The van der Waals surface area contributed by atoms with Crippen molar-refractivity contribution in [2.45, 2.75) is 76.2 Å². The molecule has 192 valence electrons. The Hall–Kier alpha value is -2.48. The van der Waals surface area contributed by atoms with E-state index < -0.39 is 31.4 Å². The van der Waals surface area contributed by atoms with Gasteiger partial charge in [-0.05, 0) is 42.2 Å². The summed E-state index contributed by atoms with van der Waals surface area (Å²) in [5, 5.41) is 0.0545. The van der Waals surface area contributed by atoms with Gasteiger partial charge in [0.05, 0.1) is 23.7 Å². The quantitative estimate of drug-likeness (QED) is 0.345.